The summed E-state index contributed by atoms with van der Waals surface area (Å²) in [5.41, 5.74) is 2.55. The predicted molar refractivity (Wildman–Crippen MR) is 86.4 cm³/mol. The average molecular weight is 319 g/mol. The quantitative estimate of drug-likeness (QED) is 0.580. The molecule has 7 heteroatoms. The maximum atomic E-state index is 11.9. The number of benzene rings is 1. The predicted octanol–water partition coefficient (Wildman–Crippen LogP) is 2.21. The zero-order chi connectivity index (χ0) is 16.1. The maximum Gasteiger partial charge on any atom is 0.255 e. The van der Waals surface area contributed by atoms with E-state index in [-0.39, 0.29) is 18.2 Å². The number of anilines is 1. The highest BCUT2D eigenvalue weighted by Crippen LogP contribution is 2.19. The van der Waals surface area contributed by atoms with E-state index in [1.807, 2.05) is 32.0 Å². The number of hydrogen-bond donors (Lipinski definition) is 3. The highest BCUT2D eigenvalue weighted by atomic mass is 32.2. The Labute approximate surface area is 132 Å². The first-order valence-corrected chi connectivity index (χ1v) is 7.73. The first-order chi connectivity index (χ1) is 10.5. The van der Waals surface area contributed by atoms with Gasteiger partial charge in [-0.2, -0.15) is 4.98 Å². The lowest BCUT2D eigenvalue weighted by Gasteiger charge is -2.10. The molecule has 0 aliphatic carbocycles. The van der Waals surface area contributed by atoms with Crippen molar-refractivity contribution in [1.29, 1.82) is 0 Å². The number of carbonyl (C=O) groups excluding carboxylic acids is 1. The van der Waals surface area contributed by atoms with Gasteiger partial charge in [0.05, 0.1) is 6.07 Å². The zero-order valence-corrected chi connectivity index (χ0v) is 13.2. The third-order valence-electron chi connectivity index (χ3n) is 3.15. The van der Waals surface area contributed by atoms with Gasteiger partial charge in [-0.25, -0.2) is 0 Å². The normalized spacial score (nSPS) is 10.5. The Kier molecular flexibility index (Phi) is 5.21. The van der Waals surface area contributed by atoms with Crippen LogP contribution < -0.4 is 10.9 Å². The van der Waals surface area contributed by atoms with Crippen LogP contribution in [0.3, 0.4) is 0 Å². The van der Waals surface area contributed by atoms with Gasteiger partial charge in [-0.1, -0.05) is 23.9 Å². The van der Waals surface area contributed by atoms with Gasteiger partial charge in [0.25, 0.3) is 5.56 Å². The highest BCUT2D eigenvalue weighted by molar-refractivity contribution is 7.99. The summed E-state index contributed by atoms with van der Waals surface area (Å²) in [6.07, 6.45) is 0.275. The molecule has 0 aliphatic rings. The molecule has 116 valence electrons. The number of hydrogen-bond acceptors (Lipinski definition) is 5. The summed E-state index contributed by atoms with van der Waals surface area (Å²) < 4.78 is 0. The second-order valence-electron chi connectivity index (χ2n) is 4.80. The Morgan fingerprint density at radius 2 is 2.18 bits per heavy atom. The molecule has 0 saturated heterocycles. The van der Waals surface area contributed by atoms with Crippen molar-refractivity contribution in [2.75, 3.05) is 11.1 Å². The van der Waals surface area contributed by atoms with E-state index in [1.165, 1.54) is 11.8 Å². The van der Waals surface area contributed by atoms with Crippen LogP contribution in [0.25, 0.3) is 0 Å². The number of nitrogens with one attached hydrogen (secondary N) is 2. The van der Waals surface area contributed by atoms with Gasteiger partial charge < -0.3 is 15.4 Å². The summed E-state index contributed by atoms with van der Waals surface area (Å²) in [5, 5.41) is 12.4. The molecule has 1 aromatic carbocycles. The number of carbonyl (C=O) groups is 1. The highest BCUT2D eigenvalue weighted by Gasteiger charge is 2.07. The van der Waals surface area contributed by atoms with Gasteiger partial charge in [0, 0.05) is 17.9 Å². The summed E-state index contributed by atoms with van der Waals surface area (Å²) in [4.78, 5) is 29.4. The fourth-order valence-electron chi connectivity index (χ4n) is 1.83. The molecule has 0 bridgehead atoms. The molecule has 0 spiro atoms. The van der Waals surface area contributed by atoms with Crippen LogP contribution in [0, 0.1) is 13.8 Å². The smallest absolute Gasteiger partial charge is 0.255 e. The number of H-pyrrole nitrogens is 1. The van der Waals surface area contributed by atoms with Crippen LogP contribution in [0.2, 0.25) is 0 Å². The van der Waals surface area contributed by atoms with Gasteiger partial charge >= 0.3 is 0 Å². The van der Waals surface area contributed by atoms with Crippen molar-refractivity contribution in [2.24, 2.45) is 0 Å². The molecule has 1 heterocycles. The van der Waals surface area contributed by atoms with E-state index in [0.29, 0.717) is 10.9 Å². The van der Waals surface area contributed by atoms with Crippen LogP contribution in [0.1, 0.15) is 17.5 Å². The number of aromatic nitrogens is 2. The monoisotopic (exact) mass is 319 g/mol. The average Bonchev–Trinajstić information content (AvgIpc) is 2.43. The summed E-state index contributed by atoms with van der Waals surface area (Å²) in [6.45, 7) is 3.95. The largest absolute Gasteiger partial charge is 0.493 e. The Bertz CT molecular complexity index is 743. The van der Waals surface area contributed by atoms with Crippen molar-refractivity contribution in [3.05, 3.63) is 45.7 Å². The number of amides is 1. The summed E-state index contributed by atoms with van der Waals surface area (Å²) in [6, 6.07) is 6.75. The molecule has 0 fully saturated rings. The number of rotatable bonds is 5. The van der Waals surface area contributed by atoms with Crippen molar-refractivity contribution in [3.8, 4) is 5.88 Å². The number of aromatic hydroxyl groups is 1. The molecule has 0 radical (unpaired) electrons. The van der Waals surface area contributed by atoms with Gasteiger partial charge in [-0.05, 0) is 31.0 Å². The van der Waals surface area contributed by atoms with Gasteiger partial charge in [-0.3, -0.25) is 9.59 Å². The number of thioether (sulfide) groups is 1. The van der Waals surface area contributed by atoms with Gasteiger partial charge in [-0.15, -0.1) is 0 Å². The van der Waals surface area contributed by atoms with Crippen LogP contribution in [0.4, 0.5) is 5.69 Å². The number of aromatic amines is 1. The minimum Gasteiger partial charge on any atom is -0.493 e. The van der Waals surface area contributed by atoms with Crippen molar-refractivity contribution < 1.29 is 9.90 Å². The van der Waals surface area contributed by atoms with Crippen molar-refractivity contribution in [2.45, 2.75) is 25.4 Å². The van der Waals surface area contributed by atoms with Crippen molar-refractivity contribution in [3.63, 3.8) is 0 Å². The maximum absolute atomic E-state index is 11.9. The van der Waals surface area contributed by atoms with Gasteiger partial charge in [0.2, 0.25) is 11.8 Å². The first-order valence-electron chi connectivity index (χ1n) is 6.75. The lowest BCUT2D eigenvalue weighted by Crippen LogP contribution is -2.13. The second kappa shape index (κ2) is 7.13. The van der Waals surface area contributed by atoms with Crippen molar-refractivity contribution in [1.82, 2.24) is 9.97 Å². The molecule has 22 heavy (non-hydrogen) atoms. The molecular formula is C15H17N3O3S. The van der Waals surface area contributed by atoms with Crippen LogP contribution in [0.15, 0.2) is 34.2 Å². The second-order valence-corrected chi connectivity index (χ2v) is 5.89. The summed E-state index contributed by atoms with van der Waals surface area (Å²) in [5.74, 6) is 0.0121. The molecule has 3 N–H and O–H groups in total. The topological polar surface area (TPSA) is 95.1 Å². The Morgan fingerprint density at radius 1 is 1.41 bits per heavy atom. The molecule has 1 aromatic heterocycles. The molecule has 0 saturated carbocycles. The third-order valence-corrected chi connectivity index (χ3v) is 4.03. The van der Waals surface area contributed by atoms with E-state index < -0.39 is 5.56 Å². The van der Waals surface area contributed by atoms with Crippen LogP contribution in [-0.4, -0.2) is 26.7 Å². The van der Waals surface area contributed by atoms with Crippen LogP contribution in [0.5, 0.6) is 5.88 Å². The molecule has 1 amide bonds. The molecule has 0 aliphatic heterocycles. The lowest BCUT2D eigenvalue weighted by molar-refractivity contribution is -0.115. The van der Waals surface area contributed by atoms with Crippen molar-refractivity contribution >= 4 is 23.4 Å². The summed E-state index contributed by atoms with van der Waals surface area (Å²) >= 11 is 1.21. The van der Waals surface area contributed by atoms with E-state index in [0.717, 1.165) is 22.9 Å². The number of aryl methyl sites for hydroxylation is 1. The first kappa shape index (κ1) is 16.1. The van der Waals surface area contributed by atoms with E-state index in [9.17, 15) is 14.7 Å². The fraction of sp³-hybridized carbons (Fsp3) is 0.267. The third kappa shape index (κ3) is 4.36. The minimum atomic E-state index is -0.421. The van der Waals surface area contributed by atoms with E-state index in [2.05, 4.69) is 15.3 Å². The van der Waals surface area contributed by atoms with E-state index in [4.69, 9.17) is 0 Å². The van der Waals surface area contributed by atoms with E-state index >= 15 is 0 Å². The van der Waals surface area contributed by atoms with Crippen LogP contribution in [-0.2, 0) is 4.79 Å². The summed E-state index contributed by atoms with van der Waals surface area (Å²) in [7, 11) is 0. The molecule has 2 aromatic rings. The fourth-order valence-corrected chi connectivity index (χ4v) is 2.64. The SMILES string of the molecule is Cc1cccc(NC(=O)CCSc2nc(O)cc(=O)[nH]2)c1C. The molecular weight excluding hydrogens is 302 g/mol. The minimum absolute atomic E-state index is 0.108. The number of nitrogens with zero attached hydrogens (tertiary/aromatic N) is 1. The van der Waals surface area contributed by atoms with E-state index in [1.54, 1.807) is 0 Å². The standard InChI is InChI=1S/C15H17N3O3S/c1-9-4-3-5-11(10(9)2)16-12(19)6-7-22-15-17-13(20)8-14(21)18-15/h3-5,8H,6-7H2,1-2H3,(H,16,19)(H2,17,18,20,21). The molecule has 2 rings (SSSR count). The van der Waals surface area contributed by atoms with Gasteiger partial charge in [0.1, 0.15) is 0 Å². The lowest BCUT2D eigenvalue weighted by atomic mass is 10.1. The molecule has 0 unspecified atom stereocenters. The Hall–Kier alpha value is -2.28. The van der Waals surface area contributed by atoms with Gasteiger partial charge in [0.15, 0.2) is 5.16 Å². The molecule has 0 atom stereocenters. The van der Waals surface area contributed by atoms with Crippen LogP contribution >= 0.6 is 11.8 Å². The molecule has 6 nitrogen and oxygen atoms in total. The zero-order valence-electron chi connectivity index (χ0n) is 12.3. The Morgan fingerprint density at radius 3 is 2.91 bits per heavy atom. The Balaban J connectivity index is 1.88.